The highest BCUT2D eigenvalue weighted by Gasteiger charge is 2.32. The molecule has 1 aromatic heterocycles. The fourth-order valence-electron chi connectivity index (χ4n) is 2.24. The second-order valence-corrected chi connectivity index (χ2v) is 7.00. The molecule has 0 aromatic carbocycles. The van der Waals surface area contributed by atoms with E-state index in [-0.39, 0.29) is 13.2 Å². The molecule has 0 aliphatic carbocycles. The number of hydrogen-bond acceptors (Lipinski definition) is 5. The lowest BCUT2D eigenvalue weighted by Gasteiger charge is -2.23. The van der Waals surface area contributed by atoms with Crippen molar-refractivity contribution < 1.29 is 13.6 Å². The number of hydrogen-bond donors (Lipinski definition) is 1. The molecule has 0 saturated carbocycles. The number of nitrogens with one attached hydrogen (secondary N) is 1. The second kappa shape index (κ2) is 9.57. The molecule has 0 bridgehead atoms. The standard InChI is InChI=1S/C16H25N2O5P/c1-5-9-10-14(24(21,22-7-3)23-8-4)13(6-2)18-12-11-15(19)17-16(18)20/h6,11-12H,2,5,7-10H2,1,3-4H3,(H,17,19,20)/b14-13-. The van der Waals surface area contributed by atoms with E-state index in [0.29, 0.717) is 17.4 Å². The molecule has 0 aliphatic rings. The topological polar surface area (TPSA) is 90.4 Å². The van der Waals surface area contributed by atoms with Gasteiger partial charge in [-0.2, -0.15) is 0 Å². The van der Waals surface area contributed by atoms with Crippen molar-refractivity contribution in [1.82, 2.24) is 9.55 Å². The van der Waals surface area contributed by atoms with Gasteiger partial charge in [-0.15, -0.1) is 0 Å². The van der Waals surface area contributed by atoms with Gasteiger partial charge in [0.05, 0.1) is 24.2 Å². The summed E-state index contributed by atoms with van der Waals surface area (Å²) >= 11 is 0. The van der Waals surface area contributed by atoms with E-state index >= 15 is 0 Å². The molecule has 134 valence electrons. The first kappa shape index (κ1) is 20.4. The molecule has 0 amide bonds. The average Bonchev–Trinajstić information content (AvgIpc) is 2.53. The lowest BCUT2D eigenvalue weighted by Crippen LogP contribution is -2.28. The lowest BCUT2D eigenvalue weighted by atomic mass is 10.2. The highest BCUT2D eigenvalue weighted by atomic mass is 31.2. The monoisotopic (exact) mass is 356 g/mol. The highest BCUT2D eigenvalue weighted by Crippen LogP contribution is 2.59. The van der Waals surface area contributed by atoms with Crippen LogP contribution in [0.15, 0.2) is 39.8 Å². The number of aromatic amines is 1. The summed E-state index contributed by atoms with van der Waals surface area (Å²) < 4.78 is 25.3. The van der Waals surface area contributed by atoms with Crippen LogP contribution in [0.2, 0.25) is 0 Å². The maximum atomic E-state index is 13.2. The van der Waals surface area contributed by atoms with Crippen LogP contribution >= 0.6 is 7.60 Å². The molecule has 24 heavy (non-hydrogen) atoms. The molecule has 0 aliphatic heterocycles. The minimum Gasteiger partial charge on any atom is -0.306 e. The molecule has 1 rings (SSSR count). The van der Waals surface area contributed by atoms with Crippen molar-refractivity contribution in [2.45, 2.75) is 40.0 Å². The van der Waals surface area contributed by atoms with Gasteiger partial charge in [0.1, 0.15) is 0 Å². The van der Waals surface area contributed by atoms with Crippen molar-refractivity contribution in [3.05, 3.63) is 51.1 Å². The molecule has 0 radical (unpaired) electrons. The van der Waals surface area contributed by atoms with Crippen molar-refractivity contribution in [3.63, 3.8) is 0 Å². The van der Waals surface area contributed by atoms with Crippen molar-refractivity contribution in [2.24, 2.45) is 0 Å². The molecule has 1 aromatic rings. The Labute approximate surface area is 141 Å². The van der Waals surface area contributed by atoms with Gasteiger partial charge in [0.25, 0.3) is 5.56 Å². The van der Waals surface area contributed by atoms with E-state index in [2.05, 4.69) is 11.6 Å². The molecule has 8 heteroatoms. The zero-order valence-corrected chi connectivity index (χ0v) is 15.3. The minimum atomic E-state index is -3.57. The van der Waals surface area contributed by atoms with Crippen LogP contribution < -0.4 is 11.2 Å². The smallest absolute Gasteiger partial charge is 0.306 e. The predicted molar refractivity (Wildman–Crippen MR) is 95.1 cm³/mol. The molecular weight excluding hydrogens is 331 g/mol. The Morgan fingerprint density at radius 3 is 2.38 bits per heavy atom. The lowest BCUT2D eigenvalue weighted by molar-refractivity contribution is 0.225. The maximum absolute atomic E-state index is 13.2. The Bertz CT molecular complexity index is 737. The number of aromatic nitrogens is 2. The van der Waals surface area contributed by atoms with Gasteiger partial charge in [-0.25, -0.2) is 4.79 Å². The Kier molecular flexibility index (Phi) is 8.11. The summed E-state index contributed by atoms with van der Waals surface area (Å²) in [6.07, 6.45) is 4.80. The first-order valence-corrected chi connectivity index (χ1v) is 9.55. The van der Waals surface area contributed by atoms with Crippen molar-refractivity contribution in [2.75, 3.05) is 13.2 Å². The van der Waals surface area contributed by atoms with Gasteiger partial charge in [-0.3, -0.25) is 18.9 Å². The largest absolute Gasteiger partial charge is 0.359 e. The highest BCUT2D eigenvalue weighted by molar-refractivity contribution is 7.58. The van der Waals surface area contributed by atoms with Crippen LogP contribution in [-0.2, 0) is 13.6 Å². The zero-order valence-electron chi connectivity index (χ0n) is 14.4. The van der Waals surface area contributed by atoms with Gasteiger partial charge in [0.15, 0.2) is 0 Å². The van der Waals surface area contributed by atoms with E-state index in [9.17, 15) is 14.2 Å². The number of allylic oxidation sites excluding steroid dienone is 3. The summed E-state index contributed by atoms with van der Waals surface area (Å²) in [6.45, 7) is 9.59. The van der Waals surface area contributed by atoms with Gasteiger partial charge < -0.3 is 9.05 Å². The number of unbranched alkanes of at least 4 members (excludes halogenated alkanes) is 1. The van der Waals surface area contributed by atoms with E-state index in [1.165, 1.54) is 22.9 Å². The molecule has 0 fully saturated rings. The molecule has 7 nitrogen and oxygen atoms in total. The third-order valence-electron chi connectivity index (χ3n) is 3.27. The Balaban J connectivity index is 3.65. The molecule has 1 heterocycles. The molecule has 0 saturated heterocycles. The third kappa shape index (κ3) is 4.90. The fraction of sp³-hybridized carbons (Fsp3) is 0.500. The SMILES string of the molecule is C=C/C(=C(\CCCC)P(=O)(OCC)OCC)n1ccc(=O)[nH]c1=O. The first-order chi connectivity index (χ1) is 11.4. The van der Waals surface area contributed by atoms with Crippen molar-refractivity contribution in [3.8, 4) is 0 Å². The second-order valence-electron chi connectivity index (χ2n) is 4.95. The molecular formula is C16H25N2O5P. The predicted octanol–water partition coefficient (Wildman–Crippen LogP) is 3.35. The van der Waals surface area contributed by atoms with Crippen LogP contribution in [0.25, 0.3) is 5.70 Å². The van der Waals surface area contributed by atoms with Crippen LogP contribution in [-0.4, -0.2) is 22.8 Å². The Morgan fingerprint density at radius 1 is 1.29 bits per heavy atom. The van der Waals surface area contributed by atoms with Crippen LogP contribution in [0, 0.1) is 0 Å². The molecule has 1 N–H and O–H groups in total. The summed E-state index contributed by atoms with van der Waals surface area (Å²) in [7, 11) is -3.57. The van der Waals surface area contributed by atoms with Crippen molar-refractivity contribution in [1.29, 1.82) is 0 Å². The van der Waals surface area contributed by atoms with Gasteiger partial charge in [-0.1, -0.05) is 19.9 Å². The maximum Gasteiger partial charge on any atom is 0.359 e. The third-order valence-corrected chi connectivity index (χ3v) is 5.58. The Morgan fingerprint density at radius 2 is 1.92 bits per heavy atom. The number of H-pyrrole nitrogens is 1. The van der Waals surface area contributed by atoms with Gasteiger partial charge >= 0.3 is 13.3 Å². The summed E-state index contributed by atoms with van der Waals surface area (Å²) in [5.74, 6) is 0. The van der Waals surface area contributed by atoms with E-state index in [0.717, 1.165) is 12.8 Å². The first-order valence-electron chi connectivity index (χ1n) is 8.01. The average molecular weight is 356 g/mol. The van der Waals surface area contributed by atoms with Crippen molar-refractivity contribution >= 4 is 13.3 Å². The van der Waals surface area contributed by atoms with E-state index in [1.807, 2.05) is 6.92 Å². The van der Waals surface area contributed by atoms with E-state index in [4.69, 9.17) is 9.05 Å². The van der Waals surface area contributed by atoms with E-state index in [1.54, 1.807) is 13.8 Å². The molecule has 0 spiro atoms. The summed E-state index contributed by atoms with van der Waals surface area (Å²) in [6, 6.07) is 1.22. The molecule has 0 atom stereocenters. The van der Waals surface area contributed by atoms with Crippen LogP contribution in [0.4, 0.5) is 0 Å². The summed E-state index contributed by atoms with van der Waals surface area (Å²) in [4.78, 5) is 25.6. The fourth-order valence-corrected chi connectivity index (χ4v) is 4.22. The normalized spacial score (nSPS) is 12.8. The Hall–Kier alpha value is -1.69. The van der Waals surface area contributed by atoms with Gasteiger partial charge in [-0.05, 0) is 32.8 Å². The number of nitrogens with zero attached hydrogens (tertiary/aromatic N) is 1. The van der Waals surface area contributed by atoms with Gasteiger partial charge in [0.2, 0.25) is 0 Å². The summed E-state index contributed by atoms with van der Waals surface area (Å²) in [5.41, 5.74) is -0.826. The zero-order chi connectivity index (χ0) is 18.2. The minimum absolute atomic E-state index is 0.206. The quantitative estimate of drug-likeness (QED) is 0.513. The van der Waals surface area contributed by atoms with Crippen LogP contribution in [0.3, 0.4) is 0 Å². The molecule has 0 unspecified atom stereocenters. The van der Waals surface area contributed by atoms with E-state index < -0.39 is 18.8 Å². The summed E-state index contributed by atoms with van der Waals surface area (Å²) in [5, 5.41) is 0.386. The van der Waals surface area contributed by atoms with Crippen LogP contribution in [0.1, 0.15) is 40.0 Å². The van der Waals surface area contributed by atoms with Crippen LogP contribution in [0.5, 0.6) is 0 Å². The number of rotatable bonds is 10. The van der Waals surface area contributed by atoms with Gasteiger partial charge in [0, 0.05) is 12.3 Å².